The topological polar surface area (TPSA) is 118 Å². The number of sulfonamides is 1. The van der Waals surface area contributed by atoms with Crippen LogP contribution in [0, 0.1) is 10.1 Å². The minimum atomic E-state index is -3.84. The normalized spacial score (nSPS) is 11.1. The van der Waals surface area contributed by atoms with E-state index in [0.29, 0.717) is 6.42 Å². The van der Waals surface area contributed by atoms with E-state index < -0.39 is 14.9 Å². The Labute approximate surface area is 129 Å². The van der Waals surface area contributed by atoms with Crippen LogP contribution in [0.25, 0.3) is 0 Å². The van der Waals surface area contributed by atoms with Crippen LogP contribution >= 0.6 is 0 Å². The van der Waals surface area contributed by atoms with Gasteiger partial charge in [0.2, 0.25) is 15.9 Å². The van der Waals surface area contributed by atoms with E-state index in [9.17, 15) is 23.3 Å². The molecule has 1 amide bonds. The Kier molecular flexibility index (Phi) is 6.93. The van der Waals surface area contributed by atoms with E-state index in [1.807, 2.05) is 6.92 Å². The van der Waals surface area contributed by atoms with Crippen molar-refractivity contribution in [1.29, 1.82) is 0 Å². The summed E-state index contributed by atoms with van der Waals surface area (Å²) in [6, 6.07) is 4.78. The maximum atomic E-state index is 12.0. The van der Waals surface area contributed by atoms with Crippen LogP contribution in [0.3, 0.4) is 0 Å². The van der Waals surface area contributed by atoms with Gasteiger partial charge in [0.1, 0.15) is 0 Å². The van der Waals surface area contributed by atoms with E-state index in [1.165, 1.54) is 18.2 Å². The minimum Gasteiger partial charge on any atom is -0.355 e. The summed E-state index contributed by atoms with van der Waals surface area (Å²) in [7, 11) is -3.84. The van der Waals surface area contributed by atoms with E-state index in [4.69, 9.17) is 0 Å². The summed E-state index contributed by atoms with van der Waals surface area (Å²) in [4.78, 5) is 21.2. The van der Waals surface area contributed by atoms with E-state index in [1.54, 1.807) is 0 Å². The molecule has 0 bridgehead atoms. The van der Waals surface area contributed by atoms with Crippen molar-refractivity contribution in [2.24, 2.45) is 0 Å². The lowest BCUT2D eigenvalue weighted by molar-refractivity contribution is -0.385. The molecule has 0 aromatic heterocycles. The SMILES string of the molecule is CCCCC(=O)NCCNS(=O)(=O)c1cccc([N+](=O)[O-])c1. The van der Waals surface area contributed by atoms with E-state index in [-0.39, 0.29) is 29.6 Å². The van der Waals surface area contributed by atoms with Crippen LogP contribution in [0.1, 0.15) is 26.2 Å². The summed E-state index contributed by atoms with van der Waals surface area (Å²) in [5, 5.41) is 13.2. The molecule has 22 heavy (non-hydrogen) atoms. The van der Waals surface area contributed by atoms with Gasteiger partial charge in [-0.25, -0.2) is 13.1 Å². The molecule has 0 atom stereocenters. The number of nitro groups is 1. The zero-order valence-electron chi connectivity index (χ0n) is 12.2. The molecule has 0 unspecified atom stereocenters. The predicted octanol–water partition coefficient (Wildman–Crippen LogP) is 1.18. The van der Waals surface area contributed by atoms with Crippen LogP contribution in [-0.4, -0.2) is 32.3 Å². The predicted molar refractivity (Wildman–Crippen MR) is 80.8 cm³/mol. The van der Waals surface area contributed by atoms with Crippen LogP contribution in [0.2, 0.25) is 0 Å². The molecule has 0 fully saturated rings. The lowest BCUT2D eigenvalue weighted by atomic mass is 10.2. The molecule has 0 aliphatic carbocycles. The van der Waals surface area contributed by atoms with E-state index in [0.717, 1.165) is 18.9 Å². The quantitative estimate of drug-likeness (QED) is 0.400. The minimum absolute atomic E-state index is 0.0168. The lowest BCUT2D eigenvalue weighted by Crippen LogP contribution is -2.34. The molecule has 0 spiro atoms. The van der Waals surface area contributed by atoms with Gasteiger partial charge >= 0.3 is 0 Å². The average Bonchev–Trinajstić information content (AvgIpc) is 2.49. The summed E-state index contributed by atoms with van der Waals surface area (Å²) >= 11 is 0. The number of non-ortho nitro benzene ring substituents is 1. The second-order valence-electron chi connectivity index (χ2n) is 4.61. The Bertz CT molecular complexity index is 630. The largest absolute Gasteiger partial charge is 0.355 e. The Balaban J connectivity index is 2.52. The fraction of sp³-hybridized carbons (Fsp3) is 0.462. The van der Waals surface area contributed by atoms with Gasteiger partial charge in [0.05, 0.1) is 9.82 Å². The molecular formula is C13H19N3O5S. The van der Waals surface area contributed by atoms with Crippen LogP contribution in [0.5, 0.6) is 0 Å². The molecule has 1 rings (SSSR count). The Morgan fingerprint density at radius 3 is 2.68 bits per heavy atom. The van der Waals surface area contributed by atoms with Gasteiger partial charge < -0.3 is 5.32 Å². The van der Waals surface area contributed by atoms with Gasteiger partial charge in [-0.1, -0.05) is 19.4 Å². The van der Waals surface area contributed by atoms with Gasteiger partial charge in [-0.05, 0) is 12.5 Å². The molecule has 0 aliphatic rings. The summed E-state index contributed by atoms with van der Waals surface area (Å²) in [6.45, 7) is 2.15. The van der Waals surface area contributed by atoms with Crippen molar-refractivity contribution < 1.29 is 18.1 Å². The number of nitrogens with zero attached hydrogens (tertiary/aromatic N) is 1. The second-order valence-corrected chi connectivity index (χ2v) is 6.37. The maximum absolute atomic E-state index is 12.0. The summed E-state index contributed by atoms with van der Waals surface area (Å²) in [6.07, 6.45) is 2.10. The number of nitrogens with one attached hydrogen (secondary N) is 2. The van der Waals surface area contributed by atoms with Crippen molar-refractivity contribution in [3.8, 4) is 0 Å². The van der Waals surface area contributed by atoms with Crippen LogP contribution in [0.15, 0.2) is 29.2 Å². The summed E-state index contributed by atoms with van der Waals surface area (Å²) in [5.74, 6) is -0.128. The second kappa shape index (κ2) is 8.44. The molecule has 0 radical (unpaired) electrons. The number of carbonyl (C=O) groups is 1. The Hall–Kier alpha value is -2.00. The van der Waals surface area contributed by atoms with Crippen molar-refractivity contribution in [2.75, 3.05) is 13.1 Å². The third-order valence-electron chi connectivity index (χ3n) is 2.84. The molecule has 9 heteroatoms. The van der Waals surface area contributed by atoms with Gasteiger partial charge in [0.15, 0.2) is 0 Å². The molecule has 2 N–H and O–H groups in total. The zero-order chi connectivity index (χ0) is 16.6. The van der Waals surface area contributed by atoms with Crippen molar-refractivity contribution in [2.45, 2.75) is 31.1 Å². The molecule has 0 aliphatic heterocycles. The van der Waals surface area contributed by atoms with Crippen molar-refractivity contribution in [1.82, 2.24) is 10.0 Å². The number of hydrogen-bond acceptors (Lipinski definition) is 5. The van der Waals surface area contributed by atoms with Crippen molar-refractivity contribution >= 4 is 21.6 Å². The smallest absolute Gasteiger partial charge is 0.270 e. The summed E-state index contributed by atoms with van der Waals surface area (Å²) in [5.41, 5.74) is -0.296. The maximum Gasteiger partial charge on any atom is 0.270 e. The highest BCUT2D eigenvalue weighted by atomic mass is 32.2. The highest BCUT2D eigenvalue weighted by Crippen LogP contribution is 2.16. The van der Waals surface area contributed by atoms with Crippen molar-refractivity contribution in [3.05, 3.63) is 34.4 Å². The van der Waals surface area contributed by atoms with E-state index >= 15 is 0 Å². The molecular weight excluding hydrogens is 310 g/mol. The average molecular weight is 329 g/mol. The molecule has 8 nitrogen and oxygen atoms in total. The van der Waals surface area contributed by atoms with Crippen LogP contribution in [0.4, 0.5) is 5.69 Å². The van der Waals surface area contributed by atoms with Gasteiger partial charge in [-0.15, -0.1) is 0 Å². The first-order valence-corrected chi connectivity index (χ1v) is 8.36. The molecule has 0 saturated carbocycles. The van der Waals surface area contributed by atoms with Crippen LogP contribution < -0.4 is 10.0 Å². The zero-order valence-corrected chi connectivity index (χ0v) is 13.1. The van der Waals surface area contributed by atoms with Crippen molar-refractivity contribution in [3.63, 3.8) is 0 Å². The first-order valence-electron chi connectivity index (χ1n) is 6.87. The number of benzene rings is 1. The molecule has 0 heterocycles. The first-order chi connectivity index (χ1) is 10.4. The van der Waals surface area contributed by atoms with E-state index in [2.05, 4.69) is 10.0 Å². The third-order valence-corrected chi connectivity index (χ3v) is 4.29. The third kappa shape index (κ3) is 5.78. The highest BCUT2D eigenvalue weighted by Gasteiger charge is 2.17. The standard InChI is InChI=1S/C13H19N3O5S/c1-2-3-7-13(17)14-8-9-15-22(20,21)12-6-4-5-11(10-12)16(18)19/h4-6,10,15H,2-3,7-9H2,1H3,(H,14,17). The molecule has 0 saturated heterocycles. The van der Waals surface area contributed by atoms with Gasteiger partial charge in [0.25, 0.3) is 5.69 Å². The number of nitro benzene ring substituents is 1. The number of unbranched alkanes of at least 4 members (excludes halogenated alkanes) is 1. The number of hydrogen-bond donors (Lipinski definition) is 2. The molecule has 1 aromatic carbocycles. The Morgan fingerprint density at radius 2 is 2.05 bits per heavy atom. The van der Waals surface area contributed by atoms with Crippen LogP contribution in [-0.2, 0) is 14.8 Å². The summed E-state index contributed by atoms with van der Waals surface area (Å²) < 4.78 is 26.2. The fourth-order valence-corrected chi connectivity index (χ4v) is 2.73. The fourth-order valence-electron chi connectivity index (χ4n) is 1.66. The monoisotopic (exact) mass is 329 g/mol. The molecule has 122 valence electrons. The van der Waals surface area contributed by atoms with Gasteiger partial charge in [-0.3, -0.25) is 14.9 Å². The number of rotatable bonds is 9. The number of amides is 1. The molecule has 1 aromatic rings. The first kappa shape index (κ1) is 18.1. The van der Waals surface area contributed by atoms with Gasteiger partial charge in [-0.2, -0.15) is 0 Å². The number of carbonyl (C=O) groups excluding carboxylic acids is 1. The highest BCUT2D eigenvalue weighted by molar-refractivity contribution is 7.89. The van der Waals surface area contributed by atoms with Gasteiger partial charge in [0, 0.05) is 31.6 Å². The lowest BCUT2D eigenvalue weighted by Gasteiger charge is -2.08. The Morgan fingerprint density at radius 1 is 1.32 bits per heavy atom.